The van der Waals surface area contributed by atoms with Crippen molar-refractivity contribution in [1.29, 1.82) is 0 Å². The van der Waals surface area contributed by atoms with E-state index in [1.54, 1.807) is 0 Å². The molecule has 0 saturated carbocycles. The molecule has 6 heteroatoms. The van der Waals surface area contributed by atoms with Crippen LogP contribution in [0.15, 0.2) is 182 Å². The predicted octanol–water partition coefficient (Wildman–Crippen LogP) is 22.4. The minimum absolute atomic E-state index is 0.120. The SMILES string of the molecule is CC/C=C\C/C=C\C/C=C\C/C=C\C/C=C\C/C=C\CCCCCCC(=O)OCC(COC(=O)CCC/C=C\C/C=C\C/C=C\C/C=C\C/C=C\CC)OC(=O)CCCCCCCCCCCC/C=C\C/C=C\C/C=C\C/C=C\CC. The lowest BCUT2D eigenvalue weighted by Gasteiger charge is -2.18. The first-order valence-corrected chi connectivity index (χ1v) is 32.3. The van der Waals surface area contributed by atoms with Crippen molar-refractivity contribution in [2.24, 2.45) is 0 Å². The fraction of sp³-hybridized carbons (Fsp3) is 0.560. The van der Waals surface area contributed by atoms with Gasteiger partial charge >= 0.3 is 17.9 Å². The van der Waals surface area contributed by atoms with Crippen LogP contribution in [0.1, 0.15) is 252 Å². The van der Waals surface area contributed by atoms with Gasteiger partial charge in [0.25, 0.3) is 0 Å². The van der Waals surface area contributed by atoms with Gasteiger partial charge in [0, 0.05) is 19.3 Å². The molecule has 81 heavy (non-hydrogen) atoms. The van der Waals surface area contributed by atoms with Crippen LogP contribution in [0.5, 0.6) is 0 Å². The Morgan fingerprint density at radius 3 is 0.741 bits per heavy atom. The molecule has 1 unspecified atom stereocenters. The number of allylic oxidation sites excluding steroid dienone is 30. The molecule has 0 saturated heterocycles. The zero-order chi connectivity index (χ0) is 58.5. The van der Waals surface area contributed by atoms with E-state index < -0.39 is 6.10 Å². The number of unbranched alkanes of at least 4 members (excludes halogenated alkanes) is 15. The summed E-state index contributed by atoms with van der Waals surface area (Å²) in [5, 5.41) is 0. The van der Waals surface area contributed by atoms with Gasteiger partial charge in [0.2, 0.25) is 0 Å². The normalized spacial score (nSPS) is 13.4. The topological polar surface area (TPSA) is 78.9 Å². The van der Waals surface area contributed by atoms with Crippen LogP contribution in [0.2, 0.25) is 0 Å². The van der Waals surface area contributed by atoms with E-state index in [9.17, 15) is 14.4 Å². The van der Waals surface area contributed by atoms with E-state index in [4.69, 9.17) is 14.2 Å². The summed E-state index contributed by atoms with van der Waals surface area (Å²) in [7, 11) is 0. The Labute approximate surface area is 497 Å². The summed E-state index contributed by atoms with van der Waals surface area (Å²) in [5.74, 6) is -1.01. The molecular formula is C75H116O6. The molecule has 0 radical (unpaired) electrons. The molecule has 452 valence electrons. The van der Waals surface area contributed by atoms with Crippen molar-refractivity contribution < 1.29 is 28.6 Å². The number of carbonyl (C=O) groups is 3. The number of hydrogen-bond donors (Lipinski definition) is 0. The van der Waals surface area contributed by atoms with Crippen molar-refractivity contribution >= 4 is 17.9 Å². The third kappa shape index (κ3) is 65.2. The first-order chi connectivity index (χ1) is 40.0. The van der Waals surface area contributed by atoms with E-state index in [2.05, 4.69) is 203 Å². The van der Waals surface area contributed by atoms with E-state index in [0.717, 1.165) is 161 Å². The molecule has 0 aliphatic rings. The Hall–Kier alpha value is -5.49. The Kier molecular flexibility index (Phi) is 62.5. The summed E-state index contributed by atoms with van der Waals surface area (Å²) in [6.07, 6.45) is 100. The minimum Gasteiger partial charge on any atom is -0.462 e. The molecule has 0 aliphatic carbocycles. The van der Waals surface area contributed by atoms with Gasteiger partial charge in [-0.05, 0) is 148 Å². The number of hydrogen-bond acceptors (Lipinski definition) is 6. The Morgan fingerprint density at radius 2 is 0.457 bits per heavy atom. The highest BCUT2D eigenvalue weighted by Gasteiger charge is 2.19. The molecule has 0 amide bonds. The predicted molar refractivity (Wildman–Crippen MR) is 352 cm³/mol. The van der Waals surface area contributed by atoms with Gasteiger partial charge in [0.05, 0.1) is 0 Å². The molecule has 0 aromatic carbocycles. The van der Waals surface area contributed by atoms with E-state index >= 15 is 0 Å². The number of esters is 3. The third-order valence-corrected chi connectivity index (χ3v) is 12.9. The van der Waals surface area contributed by atoms with Crippen LogP contribution < -0.4 is 0 Å². The molecule has 0 N–H and O–H groups in total. The van der Waals surface area contributed by atoms with Gasteiger partial charge in [-0.1, -0.05) is 267 Å². The molecule has 0 heterocycles. The van der Waals surface area contributed by atoms with Crippen molar-refractivity contribution in [1.82, 2.24) is 0 Å². The highest BCUT2D eigenvalue weighted by molar-refractivity contribution is 5.71. The Bertz CT molecular complexity index is 1900. The maximum Gasteiger partial charge on any atom is 0.306 e. The highest BCUT2D eigenvalue weighted by Crippen LogP contribution is 2.14. The van der Waals surface area contributed by atoms with Crippen LogP contribution in [-0.2, 0) is 28.6 Å². The van der Waals surface area contributed by atoms with Gasteiger partial charge in [-0.15, -0.1) is 0 Å². The van der Waals surface area contributed by atoms with Gasteiger partial charge in [-0.2, -0.15) is 0 Å². The number of carbonyl (C=O) groups excluding carboxylic acids is 3. The van der Waals surface area contributed by atoms with Crippen LogP contribution in [-0.4, -0.2) is 37.2 Å². The first kappa shape index (κ1) is 75.5. The Morgan fingerprint density at radius 1 is 0.247 bits per heavy atom. The molecule has 0 aromatic heterocycles. The molecule has 0 rings (SSSR count). The quantitative estimate of drug-likeness (QED) is 0.0261. The second-order valence-electron chi connectivity index (χ2n) is 20.5. The summed E-state index contributed by atoms with van der Waals surface area (Å²) in [4.78, 5) is 38.4. The van der Waals surface area contributed by atoms with E-state index in [1.165, 1.54) is 44.9 Å². The molecule has 0 aromatic rings. The van der Waals surface area contributed by atoms with E-state index in [-0.39, 0.29) is 37.5 Å². The summed E-state index contributed by atoms with van der Waals surface area (Å²) in [5.41, 5.74) is 0. The molecule has 0 spiro atoms. The molecule has 0 bridgehead atoms. The third-order valence-electron chi connectivity index (χ3n) is 12.9. The van der Waals surface area contributed by atoms with Crippen molar-refractivity contribution in [2.75, 3.05) is 13.2 Å². The second kappa shape index (κ2) is 67.0. The van der Waals surface area contributed by atoms with Crippen molar-refractivity contribution in [3.05, 3.63) is 182 Å². The fourth-order valence-corrected chi connectivity index (χ4v) is 8.18. The summed E-state index contributed by atoms with van der Waals surface area (Å²) >= 11 is 0. The number of rotatable bonds is 56. The van der Waals surface area contributed by atoms with Crippen LogP contribution in [0, 0.1) is 0 Å². The van der Waals surface area contributed by atoms with Gasteiger partial charge < -0.3 is 14.2 Å². The van der Waals surface area contributed by atoms with Gasteiger partial charge in [-0.3, -0.25) is 14.4 Å². The van der Waals surface area contributed by atoms with E-state index in [0.29, 0.717) is 19.3 Å². The van der Waals surface area contributed by atoms with Crippen LogP contribution >= 0.6 is 0 Å². The maximum absolute atomic E-state index is 12.9. The summed E-state index contributed by atoms with van der Waals surface area (Å²) in [6, 6.07) is 0. The Balaban J connectivity index is 4.54. The van der Waals surface area contributed by atoms with Crippen LogP contribution in [0.3, 0.4) is 0 Å². The molecule has 1 atom stereocenters. The zero-order valence-electron chi connectivity index (χ0n) is 51.7. The summed E-state index contributed by atoms with van der Waals surface area (Å²) in [6.45, 7) is 6.22. The molecule has 0 fully saturated rings. The molecular weight excluding hydrogens is 997 g/mol. The number of ether oxygens (including phenoxy) is 3. The smallest absolute Gasteiger partial charge is 0.306 e. The second-order valence-corrected chi connectivity index (χ2v) is 20.5. The first-order valence-electron chi connectivity index (χ1n) is 32.3. The van der Waals surface area contributed by atoms with Crippen molar-refractivity contribution in [3.63, 3.8) is 0 Å². The average molecular weight is 1110 g/mol. The monoisotopic (exact) mass is 1110 g/mol. The summed E-state index contributed by atoms with van der Waals surface area (Å²) < 4.78 is 16.9. The van der Waals surface area contributed by atoms with E-state index in [1.807, 2.05) is 0 Å². The molecule has 6 nitrogen and oxygen atoms in total. The highest BCUT2D eigenvalue weighted by atomic mass is 16.6. The van der Waals surface area contributed by atoms with Crippen LogP contribution in [0.25, 0.3) is 0 Å². The largest absolute Gasteiger partial charge is 0.462 e. The van der Waals surface area contributed by atoms with Crippen LogP contribution in [0.4, 0.5) is 0 Å². The standard InChI is InChI=1S/C75H116O6/c1-4-7-10-13-16-19-22-25-28-31-33-35-37-39-41-44-47-50-53-56-59-62-65-68-74(77)80-71-72(70-79-73(76)67-64-61-58-55-52-49-46-43-30-27-24-21-18-15-12-9-6-3)81-75(78)69-66-63-60-57-54-51-48-45-42-40-38-36-34-32-29-26-23-20-17-14-11-8-5-2/h7-12,16-21,25-30,33-36,39,41,46-47,49-50,55,58,72H,4-6,13-15,22-24,31-32,37-38,40,42-45,48,51-54,56-57,59-71H2,1-3H3/b10-7-,11-8-,12-9-,19-16-,20-17-,21-18-,28-25-,29-26-,30-27-,35-33-,36-34-,41-39-,49-46-,50-47-,58-55-. The van der Waals surface area contributed by atoms with Crippen molar-refractivity contribution in [2.45, 2.75) is 258 Å². The van der Waals surface area contributed by atoms with Gasteiger partial charge in [0.15, 0.2) is 6.10 Å². The minimum atomic E-state index is -0.827. The fourth-order valence-electron chi connectivity index (χ4n) is 8.18. The zero-order valence-corrected chi connectivity index (χ0v) is 51.7. The lowest BCUT2D eigenvalue weighted by atomic mass is 10.0. The lowest BCUT2D eigenvalue weighted by molar-refractivity contribution is -0.167. The van der Waals surface area contributed by atoms with Gasteiger partial charge in [-0.25, -0.2) is 0 Å². The maximum atomic E-state index is 12.9. The van der Waals surface area contributed by atoms with Gasteiger partial charge in [0.1, 0.15) is 13.2 Å². The lowest BCUT2D eigenvalue weighted by Crippen LogP contribution is -2.30. The molecule has 0 aliphatic heterocycles. The van der Waals surface area contributed by atoms with Crippen molar-refractivity contribution in [3.8, 4) is 0 Å². The average Bonchev–Trinajstić information content (AvgIpc) is 3.47.